The van der Waals surface area contributed by atoms with Crippen molar-refractivity contribution in [2.24, 2.45) is 0 Å². The summed E-state index contributed by atoms with van der Waals surface area (Å²) in [7, 11) is 0. The molecular weight excluding hydrogens is 386 g/mol. The fourth-order valence-electron chi connectivity index (χ4n) is 3.82. The van der Waals surface area contributed by atoms with Crippen LogP contribution in [0.2, 0.25) is 0 Å². The summed E-state index contributed by atoms with van der Waals surface area (Å²) in [5, 5.41) is 1.19. The lowest BCUT2D eigenvalue weighted by atomic mass is 10.1. The zero-order valence-electron chi connectivity index (χ0n) is 18.6. The molecule has 0 unspecified atom stereocenters. The van der Waals surface area contributed by atoms with Gasteiger partial charge in [-0.05, 0) is 30.0 Å². The number of nitrogens with zero attached hydrogens (tertiary/aromatic N) is 2. The number of para-hydroxylation sites is 1. The number of carbonyl (C=O) groups excluding carboxylic acids is 2. The van der Waals surface area contributed by atoms with Gasteiger partial charge in [0.2, 0.25) is 11.8 Å². The van der Waals surface area contributed by atoms with Gasteiger partial charge in [-0.25, -0.2) is 0 Å². The summed E-state index contributed by atoms with van der Waals surface area (Å²) in [6.07, 6.45) is 5.12. The lowest BCUT2D eigenvalue weighted by Gasteiger charge is -2.28. The molecular formula is C26H33N3O2. The van der Waals surface area contributed by atoms with Crippen molar-refractivity contribution in [3.63, 3.8) is 0 Å². The minimum atomic E-state index is 0.00148. The van der Waals surface area contributed by atoms with E-state index in [-0.39, 0.29) is 18.4 Å². The highest BCUT2D eigenvalue weighted by atomic mass is 16.2. The van der Waals surface area contributed by atoms with E-state index in [9.17, 15) is 9.59 Å². The van der Waals surface area contributed by atoms with Crippen molar-refractivity contribution in [3.05, 3.63) is 71.9 Å². The smallest absolute Gasteiger partial charge is 0.242 e. The highest BCUT2D eigenvalue weighted by Gasteiger charge is 2.20. The minimum absolute atomic E-state index is 0.00148. The molecule has 164 valence electrons. The van der Waals surface area contributed by atoms with Gasteiger partial charge in [0.05, 0.1) is 6.54 Å². The summed E-state index contributed by atoms with van der Waals surface area (Å²) < 4.78 is 0. The molecule has 2 amide bonds. The third kappa shape index (κ3) is 6.20. The molecule has 1 N–H and O–H groups in total. The maximum atomic E-state index is 13.3. The molecule has 0 saturated heterocycles. The summed E-state index contributed by atoms with van der Waals surface area (Å²) in [4.78, 5) is 32.6. The van der Waals surface area contributed by atoms with Crippen LogP contribution < -0.4 is 0 Å². The monoisotopic (exact) mass is 419 g/mol. The number of unbranched alkanes of at least 4 members (excludes halogenated alkanes) is 1. The Morgan fingerprint density at radius 3 is 2.35 bits per heavy atom. The van der Waals surface area contributed by atoms with Crippen LogP contribution in [-0.4, -0.2) is 46.2 Å². The molecule has 1 aromatic heterocycles. The first kappa shape index (κ1) is 22.6. The number of hydrogen-bond donors (Lipinski definition) is 1. The van der Waals surface area contributed by atoms with Gasteiger partial charge in [0.1, 0.15) is 0 Å². The van der Waals surface area contributed by atoms with Crippen molar-refractivity contribution in [2.75, 3.05) is 19.6 Å². The Bertz CT molecular complexity index is 980. The standard InChI is InChI=1S/C26H33N3O2/c1-3-5-16-28(25(30)4-2)20-26(31)29(19-21-11-7-6-8-12-21)17-15-22-18-27-24-14-10-9-13-23(22)24/h6-14,18,27H,3-5,15-17,19-20H2,1-2H3. The van der Waals surface area contributed by atoms with E-state index in [2.05, 4.69) is 24.0 Å². The number of nitrogens with one attached hydrogen (secondary N) is 1. The molecule has 0 aliphatic rings. The average molecular weight is 420 g/mol. The first-order valence-electron chi connectivity index (χ1n) is 11.3. The fraction of sp³-hybridized carbons (Fsp3) is 0.385. The SMILES string of the molecule is CCCCN(CC(=O)N(CCc1c[nH]c2ccccc12)Cc1ccccc1)C(=O)CC. The van der Waals surface area contributed by atoms with Gasteiger partial charge < -0.3 is 14.8 Å². The Balaban J connectivity index is 1.74. The molecule has 0 bridgehead atoms. The van der Waals surface area contributed by atoms with Crippen LogP contribution in [0.5, 0.6) is 0 Å². The highest BCUT2D eigenvalue weighted by molar-refractivity contribution is 5.85. The molecule has 0 fully saturated rings. The van der Waals surface area contributed by atoms with E-state index >= 15 is 0 Å². The highest BCUT2D eigenvalue weighted by Crippen LogP contribution is 2.19. The van der Waals surface area contributed by atoms with Crippen LogP contribution in [0.3, 0.4) is 0 Å². The van der Waals surface area contributed by atoms with Crippen molar-refractivity contribution in [1.82, 2.24) is 14.8 Å². The van der Waals surface area contributed by atoms with Crippen molar-refractivity contribution in [1.29, 1.82) is 0 Å². The first-order chi connectivity index (χ1) is 15.1. The second-order valence-electron chi connectivity index (χ2n) is 7.93. The van der Waals surface area contributed by atoms with Gasteiger partial charge in [0.25, 0.3) is 0 Å². The van der Waals surface area contributed by atoms with Crippen LogP contribution in [0.4, 0.5) is 0 Å². The van der Waals surface area contributed by atoms with Gasteiger partial charge in [0.15, 0.2) is 0 Å². The average Bonchev–Trinajstić information content (AvgIpc) is 3.22. The number of rotatable bonds is 11. The maximum absolute atomic E-state index is 13.3. The molecule has 0 atom stereocenters. The molecule has 0 aliphatic carbocycles. The Labute approximate surface area is 185 Å². The molecule has 5 nitrogen and oxygen atoms in total. The molecule has 0 aliphatic heterocycles. The topological polar surface area (TPSA) is 56.4 Å². The number of amides is 2. The molecule has 0 spiro atoms. The van der Waals surface area contributed by atoms with Gasteiger partial charge in [0, 0.05) is 43.2 Å². The van der Waals surface area contributed by atoms with Gasteiger partial charge in [-0.2, -0.15) is 0 Å². The predicted octanol–water partition coefficient (Wildman–Crippen LogP) is 4.78. The maximum Gasteiger partial charge on any atom is 0.242 e. The number of H-pyrrole nitrogens is 1. The molecule has 5 heteroatoms. The molecule has 3 rings (SSSR count). The Hall–Kier alpha value is -3.08. The van der Waals surface area contributed by atoms with Gasteiger partial charge in [-0.1, -0.05) is 68.8 Å². The summed E-state index contributed by atoms with van der Waals surface area (Å²) in [6, 6.07) is 18.3. The van der Waals surface area contributed by atoms with Gasteiger partial charge in [-0.3, -0.25) is 9.59 Å². The molecule has 3 aromatic rings. The lowest BCUT2D eigenvalue weighted by molar-refractivity contribution is -0.140. The molecule has 0 radical (unpaired) electrons. The van der Waals surface area contributed by atoms with E-state index in [1.807, 2.05) is 60.5 Å². The van der Waals surface area contributed by atoms with Crippen LogP contribution in [-0.2, 0) is 22.6 Å². The summed E-state index contributed by atoms with van der Waals surface area (Å²) in [6.45, 7) is 5.88. The number of aromatic nitrogens is 1. The third-order valence-corrected chi connectivity index (χ3v) is 5.66. The Morgan fingerprint density at radius 1 is 0.871 bits per heavy atom. The van der Waals surface area contributed by atoms with E-state index in [0.29, 0.717) is 26.1 Å². The quantitative estimate of drug-likeness (QED) is 0.486. The zero-order chi connectivity index (χ0) is 22.1. The summed E-state index contributed by atoms with van der Waals surface area (Å²) in [5.74, 6) is 0.0414. The Morgan fingerprint density at radius 2 is 1.61 bits per heavy atom. The second-order valence-corrected chi connectivity index (χ2v) is 7.93. The number of carbonyl (C=O) groups is 2. The van der Waals surface area contributed by atoms with Crippen molar-refractivity contribution < 1.29 is 9.59 Å². The minimum Gasteiger partial charge on any atom is -0.361 e. The van der Waals surface area contributed by atoms with Crippen LogP contribution in [0.1, 0.15) is 44.2 Å². The number of hydrogen-bond acceptors (Lipinski definition) is 2. The normalized spacial score (nSPS) is 10.9. The fourth-order valence-corrected chi connectivity index (χ4v) is 3.82. The second kappa shape index (κ2) is 11.3. The zero-order valence-corrected chi connectivity index (χ0v) is 18.6. The summed E-state index contributed by atoms with van der Waals surface area (Å²) >= 11 is 0. The van der Waals surface area contributed by atoms with Crippen molar-refractivity contribution in [2.45, 2.75) is 46.1 Å². The number of benzene rings is 2. The van der Waals surface area contributed by atoms with Gasteiger partial charge >= 0.3 is 0 Å². The third-order valence-electron chi connectivity index (χ3n) is 5.66. The molecule has 1 heterocycles. The lowest BCUT2D eigenvalue weighted by Crippen LogP contribution is -2.43. The van der Waals surface area contributed by atoms with Crippen LogP contribution in [0, 0.1) is 0 Å². The first-order valence-corrected chi connectivity index (χ1v) is 11.3. The number of fused-ring (bicyclic) bond motifs is 1. The summed E-state index contributed by atoms with van der Waals surface area (Å²) in [5.41, 5.74) is 3.41. The Kier molecular flexibility index (Phi) is 8.27. The molecule has 31 heavy (non-hydrogen) atoms. The van der Waals surface area contributed by atoms with E-state index in [1.54, 1.807) is 4.90 Å². The van der Waals surface area contributed by atoms with Crippen molar-refractivity contribution >= 4 is 22.7 Å². The molecule has 0 saturated carbocycles. The van der Waals surface area contributed by atoms with Crippen LogP contribution in [0.15, 0.2) is 60.8 Å². The van der Waals surface area contributed by atoms with E-state index in [1.165, 1.54) is 10.9 Å². The van der Waals surface area contributed by atoms with E-state index in [0.717, 1.165) is 30.3 Å². The van der Waals surface area contributed by atoms with Crippen LogP contribution >= 0.6 is 0 Å². The molecule has 2 aromatic carbocycles. The van der Waals surface area contributed by atoms with E-state index in [4.69, 9.17) is 0 Å². The largest absolute Gasteiger partial charge is 0.361 e. The van der Waals surface area contributed by atoms with Gasteiger partial charge in [-0.15, -0.1) is 0 Å². The number of aromatic amines is 1. The van der Waals surface area contributed by atoms with E-state index < -0.39 is 0 Å². The van der Waals surface area contributed by atoms with Crippen LogP contribution in [0.25, 0.3) is 10.9 Å². The predicted molar refractivity (Wildman–Crippen MR) is 126 cm³/mol. The van der Waals surface area contributed by atoms with Crippen molar-refractivity contribution in [3.8, 4) is 0 Å².